The van der Waals surface area contributed by atoms with Crippen LogP contribution in [0.5, 0.6) is 11.5 Å². The van der Waals surface area contributed by atoms with Crippen LogP contribution in [0.3, 0.4) is 0 Å². The Morgan fingerprint density at radius 3 is 2.18 bits per heavy atom. The standard InChI is InChI=1S/C30H30N4O3S/c1-18(2)16-36-22-9-5-7-20(11-22)12-26-29(35)34-28(33)24(14-31)27(25(15-32)30(34)38-26)21-8-6-10-23(13-21)37-17-19(3)4/h5-13,18-19,27H,16-17,33H2,1-4H3/b26-12-/t27-/m0/s1. The number of benzene rings is 2. The van der Waals surface area contributed by atoms with Crippen molar-refractivity contribution in [1.82, 2.24) is 4.57 Å². The van der Waals surface area contributed by atoms with Gasteiger partial charge in [-0.1, -0.05) is 52.0 Å². The molecule has 1 aliphatic rings. The van der Waals surface area contributed by atoms with Crippen LogP contribution in [-0.4, -0.2) is 17.8 Å². The number of hydrogen-bond donors (Lipinski definition) is 1. The molecule has 194 valence electrons. The van der Waals surface area contributed by atoms with E-state index in [0.717, 1.165) is 5.56 Å². The third kappa shape index (κ3) is 5.51. The molecule has 4 rings (SSSR count). The normalized spacial score (nSPS) is 15.4. The molecule has 0 spiro atoms. The van der Waals surface area contributed by atoms with Crippen LogP contribution < -0.4 is 30.0 Å². The van der Waals surface area contributed by atoms with Crippen molar-refractivity contribution in [3.63, 3.8) is 0 Å². The Kier molecular flexibility index (Phi) is 8.05. The molecule has 0 unspecified atom stereocenters. The van der Waals surface area contributed by atoms with Crippen molar-refractivity contribution in [2.24, 2.45) is 17.6 Å². The third-order valence-corrected chi connectivity index (χ3v) is 7.01. The Balaban J connectivity index is 1.86. The molecule has 1 atom stereocenters. The number of nitrogens with zero attached hydrogens (tertiary/aromatic N) is 3. The third-order valence-electron chi connectivity index (χ3n) is 5.90. The first-order valence-corrected chi connectivity index (χ1v) is 13.3. The van der Waals surface area contributed by atoms with Crippen LogP contribution in [0.4, 0.5) is 0 Å². The van der Waals surface area contributed by atoms with Gasteiger partial charge in [0.1, 0.15) is 22.0 Å². The summed E-state index contributed by atoms with van der Waals surface area (Å²) in [5.74, 6) is 1.42. The fraction of sp³-hybridized carbons (Fsp3) is 0.300. The Morgan fingerprint density at radius 1 is 0.974 bits per heavy atom. The molecule has 7 nitrogen and oxygen atoms in total. The van der Waals surface area contributed by atoms with Gasteiger partial charge in [0.15, 0.2) is 0 Å². The number of rotatable bonds is 8. The predicted octanol–water partition coefficient (Wildman–Crippen LogP) is 3.93. The zero-order chi connectivity index (χ0) is 27.4. The quantitative estimate of drug-likeness (QED) is 0.476. The molecule has 3 aromatic rings. The second kappa shape index (κ2) is 11.4. The topological polar surface area (TPSA) is 114 Å². The van der Waals surface area contributed by atoms with Gasteiger partial charge in [0.25, 0.3) is 5.56 Å². The van der Waals surface area contributed by atoms with Crippen molar-refractivity contribution in [2.45, 2.75) is 33.6 Å². The van der Waals surface area contributed by atoms with Crippen molar-refractivity contribution < 1.29 is 9.47 Å². The number of fused-ring (bicyclic) bond motifs is 1. The molecule has 0 bridgehead atoms. The maximum Gasteiger partial charge on any atom is 0.274 e. The lowest BCUT2D eigenvalue weighted by Crippen LogP contribution is -2.38. The summed E-state index contributed by atoms with van der Waals surface area (Å²) in [5.41, 5.74) is 8.00. The Bertz CT molecular complexity index is 1650. The van der Waals surface area contributed by atoms with Gasteiger partial charge in [0.2, 0.25) is 0 Å². The molecule has 1 aliphatic heterocycles. The maximum atomic E-state index is 13.4. The first kappa shape index (κ1) is 26.8. The average molecular weight is 527 g/mol. The molecule has 0 saturated carbocycles. The van der Waals surface area contributed by atoms with Crippen molar-refractivity contribution in [3.05, 3.63) is 84.8 Å². The number of nitrogens with two attached hydrogens (primary N) is 1. The molecule has 0 aliphatic carbocycles. The van der Waals surface area contributed by atoms with Crippen LogP contribution in [0, 0.1) is 34.5 Å². The molecule has 38 heavy (non-hydrogen) atoms. The largest absolute Gasteiger partial charge is 0.493 e. The molecule has 2 N–H and O–H groups in total. The zero-order valence-electron chi connectivity index (χ0n) is 21.9. The highest BCUT2D eigenvalue weighted by Crippen LogP contribution is 2.36. The van der Waals surface area contributed by atoms with Gasteiger partial charge >= 0.3 is 0 Å². The van der Waals surface area contributed by atoms with Gasteiger partial charge in [-0.25, -0.2) is 0 Å². The highest BCUT2D eigenvalue weighted by atomic mass is 32.1. The van der Waals surface area contributed by atoms with Crippen LogP contribution in [0.1, 0.15) is 44.7 Å². The van der Waals surface area contributed by atoms with Gasteiger partial charge in [-0.2, -0.15) is 10.5 Å². The number of allylic oxidation sites excluding steroid dienone is 1. The van der Waals surface area contributed by atoms with E-state index in [2.05, 4.69) is 39.8 Å². The summed E-state index contributed by atoms with van der Waals surface area (Å²) in [6.45, 7) is 9.40. The summed E-state index contributed by atoms with van der Waals surface area (Å²) in [7, 11) is 0. The fourth-order valence-electron chi connectivity index (χ4n) is 4.14. The minimum absolute atomic E-state index is 0.0370. The molecule has 2 heterocycles. The average Bonchev–Trinajstić information content (AvgIpc) is 3.22. The number of hydrogen-bond acceptors (Lipinski definition) is 7. The zero-order valence-corrected chi connectivity index (χ0v) is 22.7. The SMILES string of the molecule is CC(C)COc1cccc(/C=c2\sc3n(c2=O)C(N)=C(C#N)[C@H](c2cccc(OCC(C)C)c2)C=3C#N)c1. The van der Waals surface area contributed by atoms with Crippen LogP contribution in [-0.2, 0) is 0 Å². The van der Waals surface area contributed by atoms with Crippen molar-refractivity contribution in [3.8, 4) is 23.6 Å². The maximum absolute atomic E-state index is 13.4. The number of thiazole rings is 1. The van der Waals surface area contributed by atoms with E-state index < -0.39 is 5.92 Å². The predicted molar refractivity (Wildman–Crippen MR) is 150 cm³/mol. The molecule has 0 amide bonds. The molecule has 0 radical (unpaired) electrons. The van der Waals surface area contributed by atoms with Crippen LogP contribution in [0.2, 0.25) is 0 Å². The van der Waals surface area contributed by atoms with E-state index in [9.17, 15) is 15.3 Å². The van der Waals surface area contributed by atoms with Crippen LogP contribution >= 0.6 is 11.3 Å². The van der Waals surface area contributed by atoms with E-state index >= 15 is 0 Å². The Morgan fingerprint density at radius 2 is 1.58 bits per heavy atom. The molecular formula is C30H30N4O3S. The Labute approximate surface area is 226 Å². The van der Waals surface area contributed by atoms with Crippen LogP contribution in [0.25, 0.3) is 17.5 Å². The second-order valence-electron chi connectivity index (χ2n) is 9.98. The van der Waals surface area contributed by atoms with Gasteiger partial charge in [-0.15, -0.1) is 11.3 Å². The van der Waals surface area contributed by atoms with Gasteiger partial charge in [0.05, 0.1) is 46.9 Å². The van der Waals surface area contributed by atoms with E-state index in [4.69, 9.17) is 15.2 Å². The molecule has 2 aromatic carbocycles. The summed E-state index contributed by atoms with van der Waals surface area (Å²) in [6.07, 6.45) is 1.75. The van der Waals surface area contributed by atoms with Crippen molar-refractivity contribution in [1.29, 1.82) is 10.5 Å². The Hall–Kier alpha value is -4.27. The molecule has 0 fully saturated rings. The van der Waals surface area contributed by atoms with Crippen molar-refractivity contribution >= 4 is 28.8 Å². The fourth-order valence-corrected chi connectivity index (χ4v) is 5.27. The summed E-state index contributed by atoms with van der Waals surface area (Å²) in [5, 5.41) is 20.3. The first-order chi connectivity index (χ1) is 18.2. The second-order valence-corrected chi connectivity index (χ2v) is 11.0. The number of aromatic nitrogens is 1. The van der Waals surface area contributed by atoms with E-state index in [-0.39, 0.29) is 17.0 Å². The molecular weight excluding hydrogens is 496 g/mol. The monoisotopic (exact) mass is 526 g/mol. The lowest BCUT2D eigenvalue weighted by atomic mass is 9.84. The highest BCUT2D eigenvalue weighted by molar-refractivity contribution is 7.07. The summed E-state index contributed by atoms with van der Waals surface area (Å²) < 4.78 is 13.8. The van der Waals surface area contributed by atoms with Gasteiger partial charge < -0.3 is 15.2 Å². The van der Waals surface area contributed by atoms with E-state index in [0.29, 0.717) is 56.9 Å². The molecule has 1 aromatic heterocycles. The summed E-state index contributed by atoms with van der Waals surface area (Å²) >= 11 is 1.19. The van der Waals surface area contributed by atoms with E-state index in [1.165, 1.54) is 15.9 Å². The number of ether oxygens (including phenoxy) is 2. The summed E-state index contributed by atoms with van der Waals surface area (Å²) in [4.78, 5) is 13.4. The molecule has 0 saturated heterocycles. The lowest BCUT2D eigenvalue weighted by molar-refractivity contribution is 0.271. The number of nitriles is 2. The minimum Gasteiger partial charge on any atom is -0.493 e. The van der Waals surface area contributed by atoms with E-state index in [1.807, 2.05) is 48.5 Å². The minimum atomic E-state index is -0.703. The highest BCUT2D eigenvalue weighted by Gasteiger charge is 2.32. The van der Waals surface area contributed by atoms with Crippen LogP contribution in [0.15, 0.2) is 58.9 Å². The first-order valence-electron chi connectivity index (χ1n) is 12.5. The summed E-state index contributed by atoms with van der Waals surface area (Å²) in [6, 6.07) is 19.2. The molecule has 8 heteroatoms. The smallest absolute Gasteiger partial charge is 0.274 e. The van der Waals surface area contributed by atoms with Gasteiger partial charge in [0, 0.05) is 0 Å². The van der Waals surface area contributed by atoms with Gasteiger partial charge in [-0.05, 0) is 53.3 Å². The van der Waals surface area contributed by atoms with E-state index in [1.54, 1.807) is 6.08 Å². The lowest BCUT2D eigenvalue weighted by Gasteiger charge is -2.22. The van der Waals surface area contributed by atoms with Crippen molar-refractivity contribution in [2.75, 3.05) is 13.2 Å². The van der Waals surface area contributed by atoms with Gasteiger partial charge in [-0.3, -0.25) is 9.36 Å².